The van der Waals surface area contributed by atoms with Crippen molar-refractivity contribution in [3.05, 3.63) is 22.4 Å². The van der Waals surface area contributed by atoms with Crippen molar-refractivity contribution in [1.82, 2.24) is 10.2 Å². The topological polar surface area (TPSA) is 32.3 Å². The predicted molar refractivity (Wildman–Crippen MR) is 84.7 cm³/mol. The van der Waals surface area contributed by atoms with Gasteiger partial charge in [-0.25, -0.2) is 0 Å². The number of carbonyl (C=O) groups is 1. The highest BCUT2D eigenvalue weighted by Crippen LogP contribution is 2.32. The quantitative estimate of drug-likeness (QED) is 0.866. The third-order valence-corrected chi connectivity index (χ3v) is 5.09. The highest BCUT2D eigenvalue weighted by Gasteiger charge is 2.43. The molecule has 0 bridgehead atoms. The Hall–Kier alpha value is -0.870. The molecule has 0 saturated carbocycles. The van der Waals surface area contributed by atoms with E-state index in [4.69, 9.17) is 0 Å². The molecule has 0 radical (unpaired) electrons. The Kier molecular flexibility index (Phi) is 5.22. The SMILES string of the molecule is CCCC(C)N1C(=O)C(C(C)CC)NC1c1ccsc1. The van der Waals surface area contributed by atoms with Crippen molar-refractivity contribution < 1.29 is 4.79 Å². The molecule has 1 aromatic rings. The molecule has 0 aliphatic carbocycles. The molecule has 0 aromatic carbocycles. The zero-order valence-electron chi connectivity index (χ0n) is 12.9. The molecule has 4 unspecified atom stereocenters. The molecular formula is C16H26N2OS. The van der Waals surface area contributed by atoms with Gasteiger partial charge in [-0.2, -0.15) is 11.3 Å². The summed E-state index contributed by atoms with van der Waals surface area (Å²) < 4.78 is 0. The Morgan fingerprint density at radius 2 is 2.15 bits per heavy atom. The van der Waals surface area contributed by atoms with Crippen molar-refractivity contribution >= 4 is 17.2 Å². The number of carbonyl (C=O) groups excluding carboxylic acids is 1. The van der Waals surface area contributed by atoms with E-state index in [9.17, 15) is 4.79 Å². The standard InChI is InChI=1S/C16H26N2OS/c1-5-7-12(4)18-15(13-8-9-20-10-13)17-14(16(18)19)11(3)6-2/h8-12,14-15,17H,5-7H2,1-4H3. The third-order valence-electron chi connectivity index (χ3n) is 4.39. The normalized spacial score (nSPS) is 26.0. The van der Waals surface area contributed by atoms with Crippen molar-refractivity contribution in [2.75, 3.05) is 0 Å². The van der Waals surface area contributed by atoms with Gasteiger partial charge in [0.1, 0.15) is 6.17 Å². The molecule has 1 aromatic heterocycles. The van der Waals surface area contributed by atoms with Crippen LogP contribution >= 0.6 is 11.3 Å². The third kappa shape index (κ3) is 2.91. The minimum atomic E-state index is -0.0378. The molecular weight excluding hydrogens is 268 g/mol. The number of hydrogen-bond acceptors (Lipinski definition) is 3. The summed E-state index contributed by atoms with van der Waals surface area (Å²) in [6.07, 6.45) is 3.24. The minimum Gasteiger partial charge on any atom is -0.319 e. The smallest absolute Gasteiger partial charge is 0.241 e. The Morgan fingerprint density at radius 1 is 1.40 bits per heavy atom. The number of hydrogen-bond donors (Lipinski definition) is 1. The van der Waals surface area contributed by atoms with Crippen molar-refractivity contribution in [2.45, 2.75) is 65.2 Å². The molecule has 0 spiro atoms. The first-order valence-corrected chi connectivity index (χ1v) is 8.64. The minimum absolute atomic E-state index is 0.0378. The largest absolute Gasteiger partial charge is 0.319 e. The van der Waals surface area contributed by atoms with Crippen molar-refractivity contribution in [3.63, 3.8) is 0 Å². The van der Waals surface area contributed by atoms with Crippen molar-refractivity contribution in [2.24, 2.45) is 5.92 Å². The van der Waals surface area contributed by atoms with Crippen LogP contribution in [0.25, 0.3) is 0 Å². The van der Waals surface area contributed by atoms with Crippen LogP contribution in [-0.4, -0.2) is 22.9 Å². The molecule has 2 heterocycles. The summed E-state index contributed by atoms with van der Waals surface area (Å²) >= 11 is 1.69. The first-order chi connectivity index (χ1) is 9.60. The molecule has 1 fully saturated rings. The van der Waals surface area contributed by atoms with Crippen LogP contribution in [0.2, 0.25) is 0 Å². The van der Waals surface area contributed by atoms with Crippen molar-refractivity contribution in [3.8, 4) is 0 Å². The van der Waals surface area contributed by atoms with Gasteiger partial charge in [-0.15, -0.1) is 0 Å². The van der Waals surface area contributed by atoms with Crippen molar-refractivity contribution in [1.29, 1.82) is 0 Å². The predicted octanol–water partition coefficient (Wildman–Crippen LogP) is 3.78. The molecule has 1 aliphatic heterocycles. The van der Waals surface area contributed by atoms with E-state index in [1.807, 2.05) is 0 Å². The zero-order valence-corrected chi connectivity index (χ0v) is 13.7. The first-order valence-electron chi connectivity index (χ1n) is 7.70. The molecule has 1 N–H and O–H groups in total. The zero-order chi connectivity index (χ0) is 14.7. The van der Waals surface area contributed by atoms with Gasteiger partial charge in [-0.3, -0.25) is 10.1 Å². The van der Waals surface area contributed by atoms with Gasteiger partial charge in [-0.1, -0.05) is 33.6 Å². The lowest BCUT2D eigenvalue weighted by Crippen LogP contribution is -2.39. The summed E-state index contributed by atoms with van der Waals surface area (Å²) in [4.78, 5) is 14.9. The molecule has 1 amide bonds. The van der Waals surface area contributed by atoms with Gasteiger partial charge in [-0.05, 0) is 41.7 Å². The van der Waals surface area contributed by atoms with Crippen LogP contribution in [0.1, 0.15) is 58.7 Å². The van der Waals surface area contributed by atoms with Gasteiger partial charge in [0, 0.05) is 6.04 Å². The number of nitrogens with zero attached hydrogens (tertiary/aromatic N) is 1. The molecule has 3 nitrogen and oxygen atoms in total. The van der Waals surface area contributed by atoms with E-state index in [1.54, 1.807) is 11.3 Å². The van der Waals surface area contributed by atoms with Crippen LogP contribution in [0.4, 0.5) is 0 Å². The number of rotatable bonds is 6. The Morgan fingerprint density at radius 3 is 2.70 bits per heavy atom. The summed E-state index contributed by atoms with van der Waals surface area (Å²) in [5, 5.41) is 7.80. The van der Waals surface area contributed by atoms with E-state index in [0.29, 0.717) is 12.0 Å². The second kappa shape index (κ2) is 6.72. The molecule has 1 aliphatic rings. The number of amides is 1. The van der Waals surface area contributed by atoms with Gasteiger partial charge < -0.3 is 4.90 Å². The Balaban J connectivity index is 2.25. The van der Waals surface area contributed by atoms with E-state index in [2.05, 4.69) is 54.7 Å². The van der Waals surface area contributed by atoms with Gasteiger partial charge in [0.05, 0.1) is 6.04 Å². The van der Waals surface area contributed by atoms with Crippen LogP contribution in [-0.2, 0) is 4.79 Å². The first kappa shape index (κ1) is 15.5. The van der Waals surface area contributed by atoms with Gasteiger partial charge in [0.25, 0.3) is 0 Å². The molecule has 20 heavy (non-hydrogen) atoms. The average molecular weight is 294 g/mol. The summed E-state index contributed by atoms with van der Waals surface area (Å²) in [5.41, 5.74) is 1.22. The lowest BCUT2D eigenvalue weighted by molar-refractivity contribution is -0.133. The maximum absolute atomic E-state index is 12.8. The fraction of sp³-hybridized carbons (Fsp3) is 0.688. The highest BCUT2D eigenvalue weighted by molar-refractivity contribution is 7.07. The van der Waals surface area contributed by atoms with Gasteiger partial charge in [0.2, 0.25) is 5.91 Å². The Bertz CT molecular complexity index is 432. The monoisotopic (exact) mass is 294 g/mol. The average Bonchev–Trinajstić information content (AvgIpc) is 3.05. The fourth-order valence-corrected chi connectivity index (χ4v) is 3.65. The van der Waals surface area contributed by atoms with Gasteiger partial charge in [0.15, 0.2) is 0 Å². The Labute approximate surface area is 126 Å². The molecule has 4 atom stereocenters. The van der Waals surface area contributed by atoms with E-state index in [1.165, 1.54) is 5.56 Å². The fourth-order valence-electron chi connectivity index (χ4n) is 2.97. The number of nitrogens with one attached hydrogen (secondary N) is 1. The molecule has 112 valence electrons. The van der Waals surface area contributed by atoms with Crippen LogP contribution in [0, 0.1) is 5.92 Å². The maximum atomic E-state index is 12.8. The van der Waals surface area contributed by atoms with Crippen LogP contribution in [0.3, 0.4) is 0 Å². The summed E-state index contributed by atoms with van der Waals surface area (Å²) in [6, 6.07) is 2.38. The molecule has 1 saturated heterocycles. The van der Waals surface area contributed by atoms with Crippen LogP contribution in [0.5, 0.6) is 0 Å². The highest BCUT2D eigenvalue weighted by atomic mass is 32.1. The summed E-state index contributed by atoms with van der Waals surface area (Å²) in [6.45, 7) is 8.66. The lowest BCUT2D eigenvalue weighted by atomic mass is 9.99. The summed E-state index contributed by atoms with van der Waals surface area (Å²) in [5.74, 6) is 0.652. The second-order valence-corrected chi connectivity index (χ2v) is 6.65. The summed E-state index contributed by atoms with van der Waals surface area (Å²) in [7, 11) is 0. The van der Waals surface area contributed by atoms with E-state index >= 15 is 0 Å². The number of thiophene rings is 1. The van der Waals surface area contributed by atoms with E-state index < -0.39 is 0 Å². The lowest BCUT2D eigenvalue weighted by Gasteiger charge is -2.30. The van der Waals surface area contributed by atoms with Crippen LogP contribution in [0.15, 0.2) is 16.8 Å². The van der Waals surface area contributed by atoms with Gasteiger partial charge >= 0.3 is 0 Å². The molecule has 4 heteroatoms. The van der Waals surface area contributed by atoms with Crippen LogP contribution < -0.4 is 5.32 Å². The van der Waals surface area contributed by atoms with E-state index in [0.717, 1.165) is 19.3 Å². The van der Waals surface area contributed by atoms with E-state index in [-0.39, 0.29) is 18.1 Å². The maximum Gasteiger partial charge on any atom is 0.241 e. The second-order valence-electron chi connectivity index (χ2n) is 5.87. The molecule has 2 rings (SSSR count).